The van der Waals surface area contributed by atoms with Crippen molar-refractivity contribution < 1.29 is 13.5 Å². The van der Waals surface area contributed by atoms with Gasteiger partial charge in [0.2, 0.25) is 0 Å². The zero-order valence-corrected chi connectivity index (χ0v) is 9.93. The summed E-state index contributed by atoms with van der Waals surface area (Å²) in [5.41, 5.74) is -0.0737. The van der Waals surface area contributed by atoms with E-state index in [1.165, 1.54) is 24.8 Å². The second-order valence-electron chi connectivity index (χ2n) is 3.77. The van der Waals surface area contributed by atoms with Crippen LogP contribution in [0.4, 0.5) is 8.78 Å². The van der Waals surface area contributed by atoms with Gasteiger partial charge in [0.25, 0.3) is 0 Å². The lowest BCUT2D eigenvalue weighted by molar-refractivity contribution is 0.0643. The molecule has 0 aliphatic rings. The number of halogens is 2. The van der Waals surface area contributed by atoms with Crippen molar-refractivity contribution in [2.75, 3.05) is 7.11 Å². The third-order valence-electron chi connectivity index (χ3n) is 2.63. The minimum atomic E-state index is -2.84. The molecule has 0 aliphatic carbocycles. The van der Waals surface area contributed by atoms with Crippen LogP contribution in [0.3, 0.4) is 0 Å². The van der Waals surface area contributed by atoms with Crippen LogP contribution in [0.15, 0.2) is 35.3 Å². The van der Waals surface area contributed by atoms with Crippen molar-refractivity contribution in [1.82, 2.24) is 9.13 Å². The molecule has 2 rings (SSSR count). The number of aryl methyl sites for hydroxylation is 1. The number of hydrogen-bond acceptors (Lipinski definition) is 2. The number of imidazole rings is 1. The van der Waals surface area contributed by atoms with Crippen molar-refractivity contribution in [2.24, 2.45) is 0 Å². The van der Waals surface area contributed by atoms with Crippen LogP contribution in [-0.2, 0) is 0 Å². The molecule has 2 aromatic rings. The van der Waals surface area contributed by atoms with E-state index in [2.05, 4.69) is 0 Å². The van der Waals surface area contributed by atoms with Crippen molar-refractivity contribution in [1.29, 1.82) is 0 Å². The molecule has 0 atom stereocenters. The Kier molecular flexibility index (Phi) is 3.18. The molecule has 0 saturated carbocycles. The largest absolute Gasteiger partial charge is 0.497 e. The first-order valence-electron chi connectivity index (χ1n) is 5.27. The zero-order chi connectivity index (χ0) is 13.3. The monoisotopic (exact) mass is 254 g/mol. The molecule has 1 aromatic carbocycles. The number of ether oxygens (including phenoxy) is 1. The van der Waals surface area contributed by atoms with E-state index in [0.717, 1.165) is 0 Å². The zero-order valence-electron chi connectivity index (χ0n) is 9.93. The molecular weight excluding hydrogens is 242 g/mol. The molecule has 1 heterocycles. The van der Waals surface area contributed by atoms with Gasteiger partial charge in [-0.3, -0.25) is 4.57 Å². The fourth-order valence-electron chi connectivity index (χ4n) is 1.75. The molecule has 4 nitrogen and oxygen atoms in total. The Morgan fingerprint density at radius 3 is 2.61 bits per heavy atom. The van der Waals surface area contributed by atoms with Gasteiger partial charge in [0.15, 0.2) is 0 Å². The summed E-state index contributed by atoms with van der Waals surface area (Å²) in [6.45, 7) is -1.38. The maximum atomic E-state index is 12.7. The Morgan fingerprint density at radius 1 is 1.33 bits per heavy atom. The quantitative estimate of drug-likeness (QED) is 0.843. The number of nitrogens with zero attached hydrogens (tertiary/aromatic N) is 2. The fourth-order valence-corrected chi connectivity index (χ4v) is 1.75. The van der Waals surface area contributed by atoms with Crippen molar-refractivity contribution in [3.63, 3.8) is 0 Å². The summed E-state index contributed by atoms with van der Waals surface area (Å²) >= 11 is 0. The maximum Gasteiger partial charge on any atom is 0.337 e. The first-order valence-corrected chi connectivity index (χ1v) is 5.27. The van der Waals surface area contributed by atoms with Gasteiger partial charge in [-0.05, 0) is 19.1 Å². The van der Waals surface area contributed by atoms with E-state index in [1.54, 1.807) is 24.3 Å². The second-order valence-corrected chi connectivity index (χ2v) is 3.77. The SMILES string of the molecule is COc1cccc(-n2cc(C)n(C(F)F)c2=O)c1. The van der Waals surface area contributed by atoms with Gasteiger partial charge in [-0.15, -0.1) is 0 Å². The molecule has 0 amide bonds. The van der Waals surface area contributed by atoms with E-state index < -0.39 is 12.2 Å². The van der Waals surface area contributed by atoms with Crippen LogP contribution in [0.1, 0.15) is 12.2 Å². The van der Waals surface area contributed by atoms with Gasteiger partial charge in [0, 0.05) is 18.0 Å². The maximum absolute atomic E-state index is 12.7. The number of alkyl halides is 2. The molecule has 6 heteroatoms. The first-order chi connectivity index (χ1) is 8.54. The summed E-state index contributed by atoms with van der Waals surface area (Å²) < 4.78 is 32.0. The number of hydrogen-bond donors (Lipinski definition) is 0. The smallest absolute Gasteiger partial charge is 0.337 e. The van der Waals surface area contributed by atoms with Crippen LogP contribution in [-0.4, -0.2) is 16.2 Å². The van der Waals surface area contributed by atoms with E-state index in [9.17, 15) is 13.6 Å². The number of aromatic nitrogens is 2. The third-order valence-corrected chi connectivity index (χ3v) is 2.63. The van der Waals surface area contributed by atoms with Crippen molar-refractivity contribution in [3.05, 3.63) is 46.6 Å². The molecule has 0 fully saturated rings. The van der Waals surface area contributed by atoms with E-state index in [1.807, 2.05) is 0 Å². The third kappa shape index (κ3) is 2.01. The average Bonchev–Trinajstić information content (AvgIpc) is 2.65. The summed E-state index contributed by atoms with van der Waals surface area (Å²) in [4.78, 5) is 11.8. The molecule has 0 aliphatic heterocycles. The van der Waals surface area contributed by atoms with Crippen LogP contribution in [0.25, 0.3) is 5.69 Å². The highest BCUT2D eigenvalue weighted by Crippen LogP contribution is 2.17. The van der Waals surface area contributed by atoms with Gasteiger partial charge < -0.3 is 4.74 Å². The molecule has 1 aromatic heterocycles. The molecule has 0 bridgehead atoms. The Morgan fingerprint density at radius 2 is 2.06 bits per heavy atom. The van der Waals surface area contributed by atoms with Crippen LogP contribution in [0.2, 0.25) is 0 Å². The predicted octanol–water partition coefficient (Wildman–Crippen LogP) is 2.35. The highest BCUT2D eigenvalue weighted by molar-refractivity contribution is 5.39. The Hall–Kier alpha value is -2.11. The van der Waals surface area contributed by atoms with Crippen molar-refractivity contribution in [3.8, 4) is 11.4 Å². The van der Waals surface area contributed by atoms with Crippen molar-refractivity contribution in [2.45, 2.75) is 13.5 Å². The molecule has 0 spiro atoms. The van der Waals surface area contributed by atoms with Gasteiger partial charge in [0.05, 0.1) is 12.8 Å². The molecular formula is C12H12F2N2O2. The van der Waals surface area contributed by atoms with Gasteiger partial charge in [-0.1, -0.05) is 6.07 Å². The van der Waals surface area contributed by atoms with Crippen LogP contribution >= 0.6 is 0 Å². The van der Waals surface area contributed by atoms with Gasteiger partial charge >= 0.3 is 12.2 Å². The lowest BCUT2D eigenvalue weighted by Crippen LogP contribution is -2.24. The highest BCUT2D eigenvalue weighted by Gasteiger charge is 2.16. The first kappa shape index (κ1) is 12.3. The van der Waals surface area contributed by atoms with E-state index in [4.69, 9.17) is 4.74 Å². The fraction of sp³-hybridized carbons (Fsp3) is 0.250. The number of benzene rings is 1. The lowest BCUT2D eigenvalue weighted by Gasteiger charge is -2.04. The summed E-state index contributed by atoms with van der Waals surface area (Å²) in [5.74, 6) is 0.557. The van der Waals surface area contributed by atoms with Crippen LogP contribution in [0.5, 0.6) is 5.75 Å². The number of methoxy groups -OCH3 is 1. The van der Waals surface area contributed by atoms with E-state index >= 15 is 0 Å². The topological polar surface area (TPSA) is 36.2 Å². The molecule has 96 valence electrons. The Labute approximate surface area is 102 Å². The van der Waals surface area contributed by atoms with Crippen LogP contribution in [0, 0.1) is 6.92 Å². The van der Waals surface area contributed by atoms with Crippen LogP contribution < -0.4 is 10.4 Å². The Bertz CT molecular complexity index is 617. The molecule has 0 unspecified atom stereocenters. The summed E-state index contributed by atoms with van der Waals surface area (Å²) in [6, 6.07) is 6.66. The van der Waals surface area contributed by atoms with E-state index in [0.29, 0.717) is 16.0 Å². The molecule has 0 radical (unpaired) electrons. The average molecular weight is 254 g/mol. The van der Waals surface area contributed by atoms with Crippen molar-refractivity contribution >= 4 is 0 Å². The van der Waals surface area contributed by atoms with Gasteiger partial charge in [0.1, 0.15) is 5.75 Å². The predicted molar refractivity (Wildman–Crippen MR) is 62.6 cm³/mol. The molecule has 18 heavy (non-hydrogen) atoms. The number of rotatable bonds is 3. The normalized spacial score (nSPS) is 10.9. The van der Waals surface area contributed by atoms with E-state index in [-0.39, 0.29) is 5.69 Å². The van der Waals surface area contributed by atoms with Gasteiger partial charge in [-0.25, -0.2) is 9.36 Å². The summed E-state index contributed by atoms with van der Waals surface area (Å²) in [7, 11) is 1.50. The minimum Gasteiger partial charge on any atom is -0.497 e. The summed E-state index contributed by atoms with van der Waals surface area (Å²) in [5, 5.41) is 0. The second kappa shape index (κ2) is 4.64. The lowest BCUT2D eigenvalue weighted by atomic mass is 10.3. The summed E-state index contributed by atoms with van der Waals surface area (Å²) in [6.07, 6.45) is 1.38. The Balaban J connectivity index is 2.58. The standard InChI is InChI=1S/C12H12F2N2O2/c1-8-7-15(12(17)16(8)11(13)14)9-4-3-5-10(6-9)18-2/h3-7,11H,1-2H3. The molecule has 0 saturated heterocycles. The minimum absolute atomic E-state index is 0.206. The molecule has 0 N–H and O–H groups in total. The highest BCUT2D eigenvalue weighted by atomic mass is 19.3. The van der Waals surface area contributed by atoms with Gasteiger partial charge in [-0.2, -0.15) is 8.78 Å².